The molecule has 0 saturated carbocycles. The zero-order valence-electron chi connectivity index (χ0n) is 15.8. The topological polar surface area (TPSA) is 61.3 Å². The maximum atomic E-state index is 4.64. The number of hydrogen-bond donors (Lipinski definition) is 3. The molecule has 144 valence electrons. The Labute approximate surface area is 178 Å². The summed E-state index contributed by atoms with van der Waals surface area (Å²) < 4.78 is 0. The average molecular weight is 487 g/mol. The highest BCUT2D eigenvalue weighted by atomic mass is 127. The maximum Gasteiger partial charge on any atom is 0.191 e. The van der Waals surface area contributed by atoms with E-state index in [2.05, 4.69) is 58.8 Å². The van der Waals surface area contributed by atoms with Crippen molar-refractivity contribution in [3.8, 4) is 0 Å². The molecule has 0 fully saturated rings. The molecule has 0 saturated heterocycles. The monoisotopic (exact) mass is 487 g/mol. The van der Waals surface area contributed by atoms with Gasteiger partial charge in [-0.3, -0.25) is 4.99 Å². The molecule has 3 N–H and O–H groups in total. The van der Waals surface area contributed by atoms with Crippen molar-refractivity contribution in [1.82, 2.24) is 15.6 Å². The van der Waals surface area contributed by atoms with Crippen molar-refractivity contribution in [1.29, 1.82) is 0 Å². The number of nitrogens with one attached hydrogen (secondary N) is 3. The first-order valence-electron chi connectivity index (χ1n) is 8.93. The third-order valence-electron chi connectivity index (χ3n) is 3.76. The summed E-state index contributed by atoms with van der Waals surface area (Å²) in [6.45, 7) is 9.71. The minimum Gasteiger partial charge on any atom is -0.385 e. The van der Waals surface area contributed by atoms with Gasteiger partial charge in [0.15, 0.2) is 5.96 Å². The number of halogens is 1. The lowest BCUT2D eigenvalue weighted by molar-refractivity contribution is 0.784. The first-order valence-corrected chi connectivity index (χ1v) is 9.74. The van der Waals surface area contributed by atoms with Gasteiger partial charge >= 0.3 is 0 Å². The molecule has 0 radical (unpaired) electrons. The first kappa shape index (κ1) is 22.7. The quantitative estimate of drug-likeness (QED) is 0.217. The van der Waals surface area contributed by atoms with Crippen LogP contribution in [0, 0.1) is 13.8 Å². The molecule has 7 heteroatoms. The second-order valence-corrected chi connectivity index (χ2v) is 7.12. The van der Waals surface area contributed by atoms with Gasteiger partial charge in [-0.25, -0.2) is 4.98 Å². The fraction of sp³-hybridized carbons (Fsp3) is 0.474. The number of aromatic nitrogens is 1. The van der Waals surface area contributed by atoms with E-state index >= 15 is 0 Å². The molecule has 26 heavy (non-hydrogen) atoms. The third-order valence-corrected chi connectivity index (χ3v) is 4.89. The smallest absolute Gasteiger partial charge is 0.191 e. The van der Waals surface area contributed by atoms with Crippen molar-refractivity contribution >= 4 is 47.0 Å². The Morgan fingerprint density at radius 2 is 1.88 bits per heavy atom. The lowest BCUT2D eigenvalue weighted by Crippen LogP contribution is -2.38. The molecule has 5 nitrogen and oxygen atoms in total. The van der Waals surface area contributed by atoms with Crippen LogP contribution in [0.15, 0.2) is 35.3 Å². The van der Waals surface area contributed by atoms with E-state index in [4.69, 9.17) is 0 Å². The summed E-state index contributed by atoms with van der Waals surface area (Å²) in [5.74, 6) is 0.882. The standard InChI is InChI=1S/C19H29N5S.HI/c1-4-20-19(23-14-11-18-24-15(2)16(3)25-18)22-13-8-12-21-17-9-6-5-7-10-17;/h5-7,9-10,21H,4,8,11-14H2,1-3H3,(H2,20,22,23);1H. The van der Waals surface area contributed by atoms with E-state index in [1.54, 1.807) is 11.3 Å². The van der Waals surface area contributed by atoms with Crippen LogP contribution < -0.4 is 16.0 Å². The molecule has 1 aromatic heterocycles. The predicted molar refractivity (Wildman–Crippen MR) is 124 cm³/mol. The van der Waals surface area contributed by atoms with Crippen LogP contribution >= 0.6 is 35.3 Å². The van der Waals surface area contributed by atoms with Crippen LogP contribution in [0.4, 0.5) is 5.69 Å². The van der Waals surface area contributed by atoms with Crippen LogP contribution in [-0.4, -0.2) is 37.1 Å². The van der Waals surface area contributed by atoms with E-state index in [1.807, 2.05) is 18.2 Å². The van der Waals surface area contributed by atoms with E-state index in [9.17, 15) is 0 Å². The Balaban J connectivity index is 0.00000338. The number of anilines is 1. The molecule has 2 aromatic rings. The fourth-order valence-electron chi connectivity index (χ4n) is 2.33. The van der Waals surface area contributed by atoms with Gasteiger partial charge in [-0.05, 0) is 39.3 Å². The van der Waals surface area contributed by atoms with E-state index in [-0.39, 0.29) is 24.0 Å². The number of thiazole rings is 1. The van der Waals surface area contributed by atoms with E-state index in [0.29, 0.717) is 0 Å². The molecule has 0 unspecified atom stereocenters. The van der Waals surface area contributed by atoms with Crippen molar-refractivity contribution < 1.29 is 0 Å². The Morgan fingerprint density at radius 1 is 1.12 bits per heavy atom. The SMILES string of the molecule is CCNC(=NCCCNc1ccccc1)NCCc1nc(C)c(C)s1.I. The summed E-state index contributed by atoms with van der Waals surface area (Å²) in [4.78, 5) is 10.5. The summed E-state index contributed by atoms with van der Waals surface area (Å²) in [5, 5.41) is 11.3. The van der Waals surface area contributed by atoms with Crippen molar-refractivity contribution in [3.63, 3.8) is 0 Å². The molecule has 0 aliphatic heterocycles. The van der Waals surface area contributed by atoms with Crippen molar-refractivity contribution in [3.05, 3.63) is 45.9 Å². The molecule has 0 atom stereocenters. The number of hydrogen-bond acceptors (Lipinski definition) is 4. The lowest BCUT2D eigenvalue weighted by Gasteiger charge is -2.11. The van der Waals surface area contributed by atoms with Crippen LogP contribution in [0.5, 0.6) is 0 Å². The Bertz CT molecular complexity index is 638. The summed E-state index contributed by atoms with van der Waals surface area (Å²) in [5.41, 5.74) is 2.30. The Morgan fingerprint density at radius 3 is 2.54 bits per heavy atom. The minimum atomic E-state index is 0. The molecular weight excluding hydrogens is 457 g/mol. The van der Waals surface area contributed by atoms with Crippen LogP contribution in [0.1, 0.15) is 28.9 Å². The molecule has 0 amide bonds. The lowest BCUT2D eigenvalue weighted by atomic mass is 10.3. The summed E-state index contributed by atoms with van der Waals surface area (Å²) >= 11 is 1.78. The zero-order chi connectivity index (χ0) is 17.9. The minimum absolute atomic E-state index is 0. The van der Waals surface area contributed by atoms with Gasteiger partial charge in [0.2, 0.25) is 0 Å². The summed E-state index contributed by atoms with van der Waals surface area (Å²) in [6.07, 6.45) is 1.93. The Hall–Kier alpha value is -1.35. The van der Waals surface area contributed by atoms with Crippen molar-refractivity contribution in [2.75, 3.05) is 31.5 Å². The average Bonchev–Trinajstić information content (AvgIpc) is 2.93. The molecule has 0 spiro atoms. The van der Waals surface area contributed by atoms with Gasteiger partial charge in [0, 0.05) is 43.2 Å². The van der Waals surface area contributed by atoms with Crippen LogP contribution in [0.3, 0.4) is 0 Å². The maximum absolute atomic E-state index is 4.64. The van der Waals surface area contributed by atoms with Crippen LogP contribution in [-0.2, 0) is 6.42 Å². The van der Waals surface area contributed by atoms with Crippen LogP contribution in [0.2, 0.25) is 0 Å². The number of aryl methyl sites for hydroxylation is 2. The highest BCUT2D eigenvalue weighted by molar-refractivity contribution is 14.0. The molecule has 2 rings (SSSR count). The van der Waals surface area contributed by atoms with E-state index < -0.39 is 0 Å². The van der Waals surface area contributed by atoms with Gasteiger partial charge in [0.25, 0.3) is 0 Å². The van der Waals surface area contributed by atoms with Gasteiger partial charge in [0.1, 0.15) is 0 Å². The number of aliphatic imine (C=N–C) groups is 1. The molecule has 1 heterocycles. The van der Waals surface area contributed by atoms with E-state index in [0.717, 1.165) is 56.4 Å². The molecular formula is C19H30IN5S. The van der Waals surface area contributed by atoms with Crippen LogP contribution in [0.25, 0.3) is 0 Å². The van der Waals surface area contributed by atoms with Gasteiger partial charge in [-0.2, -0.15) is 0 Å². The summed E-state index contributed by atoms with van der Waals surface area (Å²) in [6, 6.07) is 10.3. The number of guanidine groups is 1. The zero-order valence-corrected chi connectivity index (χ0v) is 19.0. The first-order chi connectivity index (χ1) is 12.2. The van der Waals surface area contributed by atoms with E-state index in [1.165, 1.54) is 9.88 Å². The fourth-order valence-corrected chi connectivity index (χ4v) is 3.27. The Kier molecular flexibility index (Phi) is 11.3. The molecule has 0 aliphatic carbocycles. The highest BCUT2D eigenvalue weighted by Crippen LogP contribution is 2.16. The number of rotatable bonds is 9. The van der Waals surface area contributed by atoms with Gasteiger partial charge in [0.05, 0.1) is 10.7 Å². The predicted octanol–water partition coefficient (Wildman–Crippen LogP) is 3.98. The van der Waals surface area contributed by atoms with Gasteiger partial charge in [-0.15, -0.1) is 35.3 Å². The second-order valence-electron chi connectivity index (χ2n) is 5.83. The second kappa shape index (κ2) is 12.9. The molecule has 1 aromatic carbocycles. The normalized spacial score (nSPS) is 11.0. The highest BCUT2D eigenvalue weighted by Gasteiger charge is 2.04. The number of para-hydroxylation sites is 1. The summed E-state index contributed by atoms with van der Waals surface area (Å²) in [7, 11) is 0. The van der Waals surface area contributed by atoms with Gasteiger partial charge < -0.3 is 16.0 Å². The number of nitrogens with zero attached hydrogens (tertiary/aromatic N) is 2. The van der Waals surface area contributed by atoms with Crippen molar-refractivity contribution in [2.45, 2.75) is 33.6 Å². The van der Waals surface area contributed by atoms with Gasteiger partial charge in [-0.1, -0.05) is 18.2 Å². The molecule has 0 aliphatic rings. The van der Waals surface area contributed by atoms with Crippen molar-refractivity contribution in [2.24, 2.45) is 4.99 Å². The number of benzene rings is 1. The molecule has 0 bridgehead atoms. The third kappa shape index (κ3) is 8.35. The largest absolute Gasteiger partial charge is 0.385 e.